The standard InChI is InChI=1S/C13H19NS/c1-12(2)10-4-6-13(12,8-15-3)11-9(10)5-7-14-11/h5,7,10,14H,4,6,8H2,1-3H3/t10-,13-/m1/s1. The van der Waals surface area contributed by atoms with Gasteiger partial charge in [0.25, 0.3) is 0 Å². The third-order valence-corrected chi connectivity index (χ3v) is 5.77. The van der Waals surface area contributed by atoms with Crippen LogP contribution in [-0.4, -0.2) is 17.0 Å². The molecule has 2 aliphatic rings. The van der Waals surface area contributed by atoms with Gasteiger partial charge >= 0.3 is 0 Å². The number of fused-ring (bicyclic) bond motifs is 5. The average molecular weight is 221 g/mol. The summed E-state index contributed by atoms with van der Waals surface area (Å²) in [7, 11) is 0. The largest absolute Gasteiger partial charge is 0.364 e. The van der Waals surface area contributed by atoms with Crippen LogP contribution in [0, 0.1) is 5.41 Å². The van der Waals surface area contributed by atoms with E-state index in [9.17, 15) is 0 Å². The molecule has 1 fully saturated rings. The van der Waals surface area contributed by atoms with E-state index in [2.05, 4.69) is 37.4 Å². The van der Waals surface area contributed by atoms with Crippen LogP contribution in [0.2, 0.25) is 0 Å². The highest BCUT2D eigenvalue weighted by Crippen LogP contribution is 2.68. The van der Waals surface area contributed by atoms with Crippen molar-refractivity contribution in [3.05, 3.63) is 23.5 Å². The molecule has 1 aromatic rings. The number of aromatic nitrogens is 1. The van der Waals surface area contributed by atoms with Crippen molar-refractivity contribution in [2.75, 3.05) is 12.0 Å². The van der Waals surface area contributed by atoms with Crippen molar-refractivity contribution in [3.8, 4) is 0 Å². The molecule has 0 radical (unpaired) electrons. The van der Waals surface area contributed by atoms with Crippen LogP contribution in [0.15, 0.2) is 12.3 Å². The monoisotopic (exact) mass is 221 g/mol. The summed E-state index contributed by atoms with van der Waals surface area (Å²) in [6.45, 7) is 4.93. The topological polar surface area (TPSA) is 15.8 Å². The smallest absolute Gasteiger partial charge is 0.0259 e. The average Bonchev–Trinajstić information content (AvgIpc) is 2.77. The van der Waals surface area contributed by atoms with Gasteiger partial charge in [-0.15, -0.1) is 0 Å². The quantitative estimate of drug-likeness (QED) is 0.807. The Balaban J connectivity index is 2.18. The Morgan fingerprint density at radius 2 is 2.33 bits per heavy atom. The number of thioether (sulfide) groups is 1. The molecule has 1 saturated carbocycles. The third kappa shape index (κ3) is 0.926. The van der Waals surface area contributed by atoms with Gasteiger partial charge in [-0.1, -0.05) is 13.8 Å². The highest BCUT2D eigenvalue weighted by Gasteiger charge is 2.62. The number of H-pyrrole nitrogens is 1. The Morgan fingerprint density at radius 1 is 1.53 bits per heavy atom. The second-order valence-electron chi connectivity index (χ2n) is 5.64. The van der Waals surface area contributed by atoms with Gasteiger partial charge < -0.3 is 4.98 Å². The number of nitrogens with one attached hydrogen (secondary N) is 1. The summed E-state index contributed by atoms with van der Waals surface area (Å²) in [6.07, 6.45) is 7.13. The fourth-order valence-corrected chi connectivity index (χ4v) is 5.22. The van der Waals surface area contributed by atoms with E-state index in [1.54, 1.807) is 11.3 Å². The molecule has 0 saturated heterocycles. The first kappa shape index (κ1) is 9.83. The molecule has 0 amide bonds. The Hall–Kier alpha value is -0.370. The summed E-state index contributed by atoms with van der Waals surface area (Å²) in [5.41, 5.74) is 4.05. The van der Waals surface area contributed by atoms with E-state index in [0.29, 0.717) is 10.8 Å². The van der Waals surface area contributed by atoms with Crippen LogP contribution >= 0.6 is 11.8 Å². The maximum atomic E-state index is 3.52. The number of rotatable bonds is 2. The molecule has 0 spiro atoms. The first-order valence-electron chi connectivity index (χ1n) is 5.80. The van der Waals surface area contributed by atoms with Crippen molar-refractivity contribution in [2.45, 2.75) is 38.0 Å². The van der Waals surface area contributed by atoms with Gasteiger partial charge in [0, 0.05) is 23.1 Å². The van der Waals surface area contributed by atoms with Crippen molar-refractivity contribution >= 4 is 11.8 Å². The van der Waals surface area contributed by atoms with Gasteiger partial charge in [0.15, 0.2) is 0 Å². The van der Waals surface area contributed by atoms with Crippen LogP contribution in [-0.2, 0) is 5.41 Å². The molecule has 0 unspecified atom stereocenters. The summed E-state index contributed by atoms with van der Waals surface area (Å²) >= 11 is 2.00. The first-order valence-corrected chi connectivity index (χ1v) is 7.19. The minimum Gasteiger partial charge on any atom is -0.364 e. The molecular formula is C13H19NS. The zero-order valence-electron chi connectivity index (χ0n) is 9.76. The van der Waals surface area contributed by atoms with E-state index in [4.69, 9.17) is 0 Å². The van der Waals surface area contributed by atoms with Crippen molar-refractivity contribution in [1.29, 1.82) is 0 Å². The maximum absolute atomic E-state index is 3.52. The molecule has 82 valence electrons. The molecule has 2 heteroatoms. The lowest BCUT2D eigenvalue weighted by molar-refractivity contribution is 0.231. The molecule has 2 atom stereocenters. The SMILES string of the molecule is CSC[C@]12CC[C@H](c3cc[nH]c31)C2(C)C. The molecule has 1 nitrogen and oxygen atoms in total. The molecular weight excluding hydrogens is 202 g/mol. The van der Waals surface area contributed by atoms with Crippen LogP contribution in [0.25, 0.3) is 0 Å². The lowest BCUT2D eigenvalue weighted by atomic mass is 9.69. The molecule has 1 heterocycles. The van der Waals surface area contributed by atoms with E-state index >= 15 is 0 Å². The van der Waals surface area contributed by atoms with Gasteiger partial charge in [-0.2, -0.15) is 11.8 Å². The normalized spacial score (nSPS) is 35.8. The van der Waals surface area contributed by atoms with Crippen molar-refractivity contribution < 1.29 is 0 Å². The van der Waals surface area contributed by atoms with Gasteiger partial charge in [0.2, 0.25) is 0 Å². The molecule has 0 aliphatic heterocycles. The highest BCUT2D eigenvalue weighted by molar-refractivity contribution is 7.98. The molecule has 2 bridgehead atoms. The lowest BCUT2D eigenvalue weighted by Gasteiger charge is -2.38. The fourth-order valence-electron chi connectivity index (χ4n) is 4.06. The summed E-state index contributed by atoms with van der Waals surface area (Å²) in [4.78, 5) is 3.52. The number of hydrogen-bond donors (Lipinski definition) is 1. The zero-order chi connectivity index (χ0) is 10.7. The van der Waals surface area contributed by atoms with Gasteiger partial charge in [0.05, 0.1) is 0 Å². The minimum atomic E-state index is 0.427. The number of aromatic amines is 1. The van der Waals surface area contributed by atoms with Crippen molar-refractivity contribution in [1.82, 2.24) is 4.98 Å². The fraction of sp³-hybridized carbons (Fsp3) is 0.692. The van der Waals surface area contributed by atoms with E-state index in [1.165, 1.54) is 18.6 Å². The van der Waals surface area contributed by atoms with Crippen LogP contribution in [0.1, 0.15) is 43.9 Å². The maximum Gasteiger partial charge on any atom is 0.0259 e. The molecule has 3 rings (SSSR count). The summed E-state index contributed by atoms with van der Waals surface area (Å²) in [6, 6.07) is 2.31. The summed E-state index contributed by atoms with van der Waals surface area (Å²) in [5.74, 6) is 2.06. The Labute approximate surface area is 96.0 Å². The highest BCUT2D eigenvalue weighted by atomic mass is 32.2. The molecule has 2 aliphatic carbocycles. The van der Waals surface area contributed by atoms with E-state index in [1.807, 2.05) is 11.8 Å². The molecule has 15 heavy (non-hydrogen) atoms. The van der Waals surface area contributed by atoms with Crippen molar-refractivity contribution in [3.63, 3.8) is 0 Å². The molecule has 0 aromatic carbocycles. The summed E-state index contributed by atoms with van der Waals surface area (Å²) < 4.78 is 0. The predicted octanol–water partition coefficient (Wildman–Crippen LogP) is 3.53. The Kier molecular flexibility index (Phi) is 1.87. The van der Waals surface area contributed by atoms with Gasteiger partial charge in [-0.25, -0.2) is 0 Å². The van der Waals surface area contributed by atoms with Gasteiger partial charge in [-0.3, -0.25) is 0 Å². The molecule has 1 aromatic heterocycles. The van der Waals surface area contributed by atoms with Crippen molar-refractivity contribution in [2.24, 2.45) is 5.41 Å². The Morgan fingerprint density at radius 3 is 3.07 bits per heavy atom. The Bertz CT molecular complexity index is 393. The third-order valence-electron chi connectivity index (χ3n) is 4.99. The zero-order valence-corrected chi connectivity index (χ0v) is 10.6. The van der Waals surface area contributed by atoms with Gasteiger partial charge in [0.1, 0.15) is 0 Å². The minimum absolute atomic E-state index is 0.427. The van der Waals surface area contributed by atoms with E-state index < -0.39 is 0 Å². The second-order valence-corrected chi connectivity index (χ2v) is 6.50. The van der Waals surface area contributed by atoms with Crippen LogP contribution in [0.4, 0.5) is 0 Å². The van der Waals surface area contributed by atoms with Crippen LogP contribution in [0.5, 0.6) is 0 Å². The lowest BCUT2D eigenvalue weighted by Crippen LogP contribution is -2.37. The van der Waals surface area contributed by atoms with Crippen LogP contribution in [0.3, 0.4) is 0 Å². The first-order chi connectivity index (χ1) is 7.13. The molecule has 1 N–H and O–H groups in total. The number of hydrogen-bond acceptors (Lipinski definition) is 1. The predicted molar refractivity (Wildman–Crippen MR) is 66.6 cm³/mol. The second kappa shape index (κ2) is 2.85. The summed E-state index contributed by atoms with van der Waals surface area (Å²) in [5, 5.41) is 0. The van der Waals surface area contributed by atoms with Crippen LogP contribution < -0.4 is 0 Å². The van der Waals surface area contributed by atoms with Gasteiger partial charge in [-0.05, 0) is 42.1 Å². The van der Waals surface area contributed by atoms with E-state index in [-0.39, 0.29) is 0 Å². The van der Waals surface area contributed by atoms with E-state index in [0.717, 1.165) is 5.92 Å².